The van der Waals surface area contributed by atoms with E-state index in [0.29, 0.717) is 5.88 Å². The molecule has 1 atom stereocenters. The van der Waals surface area contributed by atoms with E-state index in [-0.39, 0.29) is 6.23 Å². The van der Waals surface area contributed by atoms with Crippen molar-refractivity contribution in [2.45, 2.75) is 26.0 Å². The molecule has 4 nitrogen and oxygen atoms in total. The smallest absolute Gasteiger partial charge is 0.234 e. The molecule has 3 rings (SSSR count). The molecule has 1 aliphatic rings. The summed E-state index contributed by atoms with van der Waals surface area (Å²) in [6, 6.07) is 9.58. The zero-order valence-corrected chi connectivity index (χ0v) is 12.2. The second-order valence-corrected chi connectivity index (χ2v) is 5.52. The minimum Gasteiger partial charge on any atom is -0.458 e. The van der Waals surface area contributed by atoms with Crippen molar-refractivity contribution in [3.8, 4) is 17.1 Å². The lowest BCUT2D eigenvalue weighted by Gasteiger charge is -2.23. The highest BCUT2D eigenvalue weighted by Crippen LogP contribution is 2.23. The van der Waals surface area contributed by atoms with Crippen LogP contribution in [0.1, 0.15) is 19.8 Å². The Balaban J connectivity index is 1.68. The van der Waals surface area contributed by atoms with E-state index in [1.165, 1.54) is 12.8 Å². The number of nitrogens with one attached hydrogen (secondary N) is 1. The molecule has 1 fully saturated rings. The van der Waals surface area contributed by atoms with Crippen LogP contribution in [0.2, 0.25) is 5.02 Å². The molecule has 0 saturated carbocycles. The van der Waals surface area contributed by atoms with Gasteiger partial charge >= 0.3 is 0 Å². The summed E-state index contributed by atoms with van der Waals surface area (Å²) in [7, 11) is 0. The first-order valence-corrected chi connectivity index (χ1v) is 7.32. The molecule has 1 saturated heterocycles. The molecular formula is C15H18ClN3O. The summed E-state index contributed by atoms with van der Waals surface area (Å²) in [6.07, 6.45) is 2.58. The van der Waals surface area contributed by atoms with Gasteiger partial charge in [-0.05, 0) is 37.5 Å². The fraction of sp³-hybridized carbons (Fsp3) is 0.400. The third-order valence-electron chi connectivity index (χ3n) is 3.66. The molecule has 2 heterocycles. The number of hydrogen-bond donors (Lipinski definition) is 1. The van der Waals surface area contributed by atoms with Crippen molar-refractivity contribution in [2.75, 3.05) is 13.1 Å². The molecule has 1 aromatic heterocycles. The van der Waals surface area contributed by atoms with Crippen LogP contribution in [0.15, 0.2) is 30.3 Å². The Labute approximate surface area is 123 Å². The van der Waals surface area contributed by atoms with E-state index in [1.807, 2.05) is 30.3 Å². The average molecular weight is 292 g/mol. The lowest BCUT2D eigenvalue weighted by molar-refractivity contribution is 0.0551. The van der Waals surface area contributed by atoms with Crippen LogP contribution in [0.25, 0.3) is 11.3 Å². The number of halogens is 1. The Bertz CT molecular complexity index is 561. The van der Waals surface area contributed by atoms with E-state index in [0.717, 1.165) is 29.4 Å². The Morgan fingerprint density at radius 1 is 1.25 bits per heavy atom. The van der Waals surface area contributed by atoms with Gasteiger partial charge in [-0.25, -0.2) is 0 Å². The molecule has 1 aliphatic heterocycles. The second-order valence-electron chi connectivity index (χ2n) is 5.09. The summed E-state index contributed by atoms with van der Waals surface area (Å²) in [6.45, 7) is 4.28. The minimum absolute atomic E-state index is 0.0684. The maximum Gasteiger partial charge on any atom is 0.234 e. The third kappa shape index (κ3) is 2.97. The SMILES string of the molecule is CC(Oc1cc(-c2ccc(Cl)cc2)[nH]n1)N1CCCC1. The van der Waals surface area contributed by atoms with Crippen LogP contribution in [0.4, 0.5) is 0 Å². The van der Waals surface area contributed by atoms with Crippen molar-refractivity contribution in [1.29, 1.82) is 0 Å². The summed E-state index contributed by atoms with van der Waals surface area (Å²) in [4.78, 5) is 2.33. The van der Waals surface area contributed by atoms with E-state index in [2.05, 4.69) is 22.0 Å². The normalized spacial score (nSPS) is 17.3. The van der Waals surface area contributed by atoms with E-state index >= 15 is 0 Å². The van der Waals surface area contributed by atoms with Gasteiger partial charge in [-0.2, -0.15) is 0 Å². The third-order valence-corrected chi connectivity index (χ3v) is 3.91. The first-order chi connectivity index (χ1) is 9.72. The van der Waals surface area contributed by atoms with Crippen molar-refractivity contribution >= 4 is 11.6 Å². The van der Waals surface area contributed by atoms with E-state index in [1.54, 1.807) is 0 Å². The number of aromatic amines is 1. The predicted molar refractivity (Wildman–Crippen MR) is 79.9 cm³/mol. The Kier molecular flexibility index (Phi) is 3.94. The number of rotatable bonds is 4. The van der Waals surface area contributed by atoms with E-state index < -0.39 is 0 Å². The molecule has 5 heteroatoms. The molecule has 2 aromatic rings. The van der Waals surface area contributed by atoms with Gasteiger partial charge in [0.25, 0.3) is 0 Å². The van der Waals surface area contributed by atoms with Gasteiger partial charge in [-0.1, -0.05) is 23.7 Å². The van der Waals surface area contributed by atoms with E-state index in [4.69, 9.17) is 16.3 Å². The summed E-state index contributed by atoms with van der Waals surface area (Å²) in [5, 5.41) is 7.95. The molecule has 0 bridgehead atoms. The van der Waals surface area contributed by atoms with Gasteiger partial charge in [0.05, 0.1) is 5.69 Å². The van der Waals surface area contributed by atoms with Crippen molar-refractivity contribution < 1.29 is 4.74 Å². The molecule has 1 unspecified atom stereocenters. The van der Waals surface area contributed by atoms with Crippen LogP contribution in [-0.4, -0.2) is 34.4 Å². The monoisotopic (exact) mass is 291 g/mol. The van der Waals surface area contributed by atoms with Crippen LogP contribution in [0, 0.1) is 0 Å². The number of likely N-dealkylation sites (tertiary alicyclic amines) is 1. The number of hydrogen-bond acceptors (Lipinski definition) is 3. The van der Waals surface area contributed by atoms with Crippen LogP contribution < -0.4 is 4.74 Å². The lowest BCUT2D eigenvalue weighted by Crippen LogP contribution is -2.34. The van der Waals surface area contributed by atoms with Gasteiger partial charge in [0.2, 0.25) is 5.88 Å². The van der Waals surface area contributed by atoms with Gasteiger partial charge in [0, 0.05) is 24.2 Å². The molecule has 0 spiro atoms. The highest BCUT2D eigenvalue weighted by Gasteiger charge is 2.20. The van der Waals surface area contributed by atoms with Gasteiger partial charge in [0.15, 0.2) is 6.23 Å². The molecule has 0 radical (unpaired) electrons. The predicted octanol–water partition coefficient (Wildman–Crippen LogP) is 3.55. The summed E-state index contributed by atoms with van der Waals surface area (Å²) < 4.78 is 5.88. The molecule has 106 valence electrons. The van der Waals surface area contributed by atoms with Crippen LogP contribution in [0.3, 0.4) is 0 Å². The standard InChI is InChI=1S/C15H18ClN3O/c1-11(19-8-2-3-9-19)20-15-10-14(17-18-15)12-4-6-13(16)7-5-12/h4-7,10-11H,2-3,8-9H2,1H3,(H,17,18). The molecule has 1 aromatic carbocycles. The fourth-order valence-corrected chi connectivity index (χ4v) is 2.62. The van der Waals surface area contributed by atoms with Crippen molar-refractivity contribution in [2.24, 2.45) is 0 Å². The fourth-order valence-electron chi connectivity index (χ4n) is 2.50. The van der Waals surface area contributed by atoms with Crippen molar-refractivity contribution in [3.63, 3.8) is 0 Å². The van der Waals surface area contributed by atoms with Crippen LogP contribution >= 0.6 is 11.6 Å². The molecular weight excluding hydrogens is 274 g/mol. The Morgan fingerprint density at radius 3 is 2.65 bits per heavy atom. The quantitative estimate of drug-likeness (QED) is 0.936. The molecule has 0 aliphatic carbocycles. The van der Waals surface area contributed by atoms with Gasteiger partial charge < -0.3 is 4.74 Å². The zero-order valence-electron chi connectivity index (χ0n) is 11.5. The highest BCUT2D eigenvalue weighted by molar-refractivity contribution is 6.30. The van der Waals surface area contributed by atoms with Crippen LogP contribution in [-0.2, 0) is 0 Å². The van der Waals surface area contributed by atoms with Gasteiger partial charge in [-0.15, -0.1) is 5.10 Å². The number of benzene rings is 1. The Hall–Kier alpha value is -1.52. The maximum absolute atomic E-state index is 5.89. The zero-order chi connectivity index (χ0) is 13.9. The second kappa shape index (κ2) is 5.85. The van der Waals surface area contributed by atoms with Gasteiger partial charge in [0.1, 0.15) is 0 Å². The molecule has 20 heavy (non-hydrogen) atoms. The molecule has 0 amide bonds. The highest BCUT2D eigenvalue weighted by atomic mass is 35.5. The topological polar surface area (TPSA) is 41.1 Å². The van der Waals surface area contributed by atoms with Crippen molar-refractivity contribution in [3.05, 3.63) is 35.4 Å². The number of H-pyrrole nitrogens is 1. The summed E-state index contributed by atoms with van der Waals surface area (Å²) in [5.74, 6) is 0.634. The largest absolute Gasteiger partial charge is 0.458 e. The first kappa shape index (κ1) is 13.5. The summed E-state index contributed by atoms with van der Waals surface area (Å²) >= 11 is 5.89. The average Bonchev–Trinajstić information content (AvgIpc) is 3.10. The van der Waals surface area contributed by atoms with Crippen LogP contribution in [0.5, 0.6) is 5.88 Å². The van der Waals surface area contributed by atoms with Gasteiger partial charge in [-0.3, -0.25) is 10.00 Å². The lowest BCUT2D eigenvalue weighted by atomic mass is 10.2. The number of ether oxygens (including phenoxy) is 1. The Morgan fingerprint density at radius 2 is 1.95 bits per heavy atom. The number of nitrogens with zero attached hydrogens (tertiary/aromatic N) is 2. The molecule has 1 N–H and O–H groups in total. The number of aromatic nitrogens is 2. The first-order valence-electron chi connectivity index (χ1n) is 6.94. The van der Waals surface area contributed by atoms with E-state index in [9.17, 15) is 0 Å². The minimum atomic E-state index is 0.0684. The maximum atomic E-state index is 5.89. The van der Waals surface area contributed by atoms with Crippen molar-refractivity contribution in [1.82, 2.24) is 15.1 Å². The summed E-state index contributed by atoms with van der Waals surface area (Å²) in [5.41, 5.74) is 1.98.